The lowest BCUT2D eigenvalue weighted by atomic mass is 10.2. The molecule has 0 aromatic carbocycles. The molecule has 6 nitrogen and oxygen atoms in total. The Bertz CT molecular complexity index is 558. The molecule has 1 fully saturated rings. The molecule has 1 amide bonds. The van der Waals surface area contributed by atoms with Gasteiger partial charge in [-0.15, -0.1) is 0 Å². The smallest absolute Gasteiger partial charge is 0.328 e. The molecule has 0 aromatic rings. The van der Waals surface area contributed by atoms with Gasteiger partial charge in [0.1, 0.15) is 12.1 Å². The number of hydrogen-bond donors (Lipinski definition) is 1. The number of carbonyl (C=O) groups is 2. The Labute approximate surface area is 181 Å². The van der Waals surface area contributed by atoms with Crippen LogP contribution in [0.3, 0.4) is 0 Å². The van der Waals surface area contributed by atoms with Crippen LogP contribution in [0.2, 0.25) is 0 Å². The first kappa shape index (κ1) is 24.9. The van der Waals surface area contributed by atoms with E-state index in [1.807, 2.05) is 0 Å². The van der Waals surface area contributed by atoms with Crippen molar-refractivity contribution in [3.8, 4) is 0 Å². The quantitative estimate of drug-likeness (QED) is 0.334. The molecule has 26 heavy (non-hydrogen) atoms. The fourth-order valence-electron chi connectivity index (χ4n) is 2.83. The number of halogens is 6. The lowest BCUT2D eigenvalue weighted by molar-refractivity contribution is -0.153. The van der Waals surface area contributed by atoms with Crippen LogP contribution < -0.4 is 0 Å². The average molecular weight is 512 g/mol. The summed E-state index contributed by atoms with van der Waals surface area (Å²) in [5.74, 6) is -1.36. The maximum atomic E-state index is 13.1. The lowest BCUT2D eigenvalue weighted by Gasteiger charge is -2.29. The van der Waals surface area contributed by atoms with E-state index in [0.29, 0.717) is 12.8 Å². The van der Waals surface area contributed by atoms with Gasteiger partial charge in [-0.3, -0.25) is 4.79 Å². The summed E-state index contributed by atoms with van der Waals surface area (Å²) in [7, 11) is -2.36. The molecule has 152 valence electrons. The molecule has 1 N–H and O–H groups in total. The van der Waals surface area contributed by atoms with Gasteiger partial charge in [-0.1, -0.05) is 69.6 Å². The van der Waals surface area contributed by atoms with E-state index in [-0.39, 0.29) is 6.54 Å². The molecule has 0 saturated carbocycles. The summed E-state index contributed by atoms with van der Waals surface area (Å²) < 4.78 is 13.9. The number of ether oxygens (including phenoxy) is 1. The van der Waals surface area contributed by atoms with Crippen molar-refractivity contribution in [2.24, 2.45) is 0 Å². The Morgan fingerprint density at radius 1 is 1.19 bits per heavy atom. The Balaban J connectivity index is 2.94. The third-order valence-corrected chi connectivity index (χ3v) is 8.77. The maximum absolute atomic E-state index is 13.1. The van der Waals surface area contributed by atoms with Gasteiger partial charge in [0, 0.05) is 25.0 Å². The van der Waals surface area contributed by atoms with Gasteiger partial charge in [-0.2, -0.15) is 0 Å². The van der Waals surface area contributed by atoms with Crippen LogP contribution in [0.5, 0.6) is 0 Å². The number of rotatable bonds is 6. The minimum Gasteiger partial charge on any atom is -0.467 e. The number of amides is 1. The van der Waals surface area contributed by atoms with E-state index >= 15 is 0 Å². The fraction of sp³-hybridized carbons (Fsp3) is 0.846. The molecule has 0 aromatic heterocycles. The van der Waals surface area contributed by atoms with Crippen LogP contribution in [-0.2, 0) is 18.9 Å². The molecular weight excluding hydrogens is 494 g/mol. The van der Waals surface area contributed by atoms with Gasteiger partial charge in [-0.05, 0) is 12.8 Å². The summed E-state index contributed by atoms with van der Waals surface area (Å²) in [6, 6.07) is -0.803. The van der Waals surface area contributed by atoms with Crippen molar-refractivity contribution in [1.29, 1.82) is 0 Å². The predicted molar refractivity (Wildman–Crippen MR) is 106 cm³/mol. The average Bonchev–Trinajstić information content (AvgIpc) is 2.89. The van der Waals surface area contributed by atoms with Gasteiger partial charge in [0.15, 0.2) is 7.59 Å². The van der Waals surface area contributed by atoms with Crippen molar-refractivity contribution < 1.29 is 24.0 Å². The van der Waals surface area contributed by atoms with Crippen molar-refractivity contribution in [3.63, 3.8) is 0 Å². The molecule has 1 aliphatic heterocycles. The first-order chi connectivity index (χ1) is 11.7. The van der Waals surface area contributed by atoms with Crippen LogP contribution in [0.1, 0.15) is 12.8 Å². The molecule has 2 atom stereocenters. The number of nitrogens with zero attached hydrogens (tertiary/aromatic N) is 1. The zero-order valence-corrected chi connectivity index (χ0v) is 19.1. The van der Waals surface area contributed by atoms with E-state index in [4.69, 9.17) is 69.6 Å². The topological polar surface area (TPSA) is 83.9 Å². The number of aliphatic hydroxyl groups excluding tert-OH is 1. The Kier molecular flexibility index (Phi) is 9.18. The Morgan fingerprint density at radius 2 is 1.69 bits per heavy atom. The summed E-state index contributed by atoms with van der Waals surface area (Å²) in [5, 5.41) is 10.3. The number of hydrogen-bond acceptors (Lipinski definition) is 5. The van der Waals surface area contributed by atoms with Crippen LogP contribution in [0.25, 0.3) is 0 Å². The molecule has 0 aliphatic carbocycles. The van der Waals surface area contributed by atoms with E-state index in [1.165, 1.54) is 12.0 Å². The Morgan fingerprint density at radius 3 is 2.12 bits per heavy atom. The van der Waals surface area contributed by atoms with Crippen molar-refractivity contribution >= 4 is 88.6 Å². The highest BCUT2D eigenvalue weighted by atomic mass is 35.6. The number of likely N-dealkylation sites (tertiary alicyclic amines) is 1. The molecule has 0 radical (unpaired) electrons. The number of esters is 1. The molecule has 1 aliphatic rings. The minimum atomic E-state index is -3.57. The number of methoxy groups -OCH3 is 1. The van der Waals surface area contributed by atoms with Gasteiger partial charge in [-0.25, -0.2) is 4.79 Å². The highest BCUT2D eigenvalue weighted by Crippen LogP contribution is 2.56. The maximum Gasteiger partial charge on any atom is 0.328 e. The molecule has 0 spiro atoms. The molecule has 13 heteroatoms. The zero-order valence-electron chi connectivity index (χ0n) is 13.6. The number of aliphatic hydroxyl groups is 1. The monoisotopic (exact) mass is 509 g/mol. The second kappa shape index (κ2) is 9.58. The first-order valence-corrected chi connectivity index (χ1v) is 12.0. The molecule has 1 rings (SSSR count). The normalized spacial score (nSPS) is 20.2. The van der Waals surface area contributed by atoms with E-state index in [1.54, 1.807) is 0 Å². The summed E-state index contributed by atoms with van der Waals surface area (Å²) in [4.78, 5) is 25.5. The highest BCUT2D eigenvalue weighted by molar-refractivity contribution is 7.64. The summed E-state index contributed by atoms with van der Waals surface area (Å²) in [5.41, 5.74) is 0. The van der Waals surface area contributed by atoms with E-state index in [9.17, 15) is 19.3 Å². The van der Waals surface area contributed by atoms with Gasteiger partial charge < -0.3 is 19.3 Å². The third-order valence-electron chi connectivity index (χ3n) is 3.73. The van der Waals surface area contributed by atoms with Crippen LogP contribution in [0.4, 0.5) is 0 Å². The standard InChI is InChI=1S/C13H18Cl6NO5P/c1-25-11(23)8-3-2-4-20(8)10(22)9(21)5-26(24,6-12(14,15)16)7-13(17,18)19/h8-9,21H,2-7H2,1H3/t8-,9?/m0/s1. The van der Waals surface area contributed by atoms with Crippen LogP contribution in [0.15, 0.2) is 0 Å². The Hall–Kier alpha value is 0.870. The van der Waals surface area contributed by atoms with Crippen molar-refractivity contribution in [3.05, 3.63) is 0 Å². The number of alkyl halides is 6. The lowest BCUT2D eigenvalue weighted by Crippen LogP contribution is -2.47. The van der Waals surface area contributed by atoms with Crippen LogP contribution in [-0.4, -0.2) is 73.8 Å². The molecule has 1 saturated heterocycles. The van der Waals surface area contributed by atoms with Gasteiger partial charge in [0.2, 0.25) is 0 Å². The van der Waals surface area contributed by atoms with E-state index in [2.05, 4.69) is 4.74 Å². The van der Waals surface area contributed by atoms with Crippen molar-refractivity contribution in [2.75, 3.05) is 32.1 Å². The fourth-order valence-corrected chi connectivity index (χ4v) is 9.22. The first-order valence-electron chi connectivity index (χ1n) is 7.44. The molecule has 0 bridgehead atoms. The van der Waals surface area contributed by atoms with Crippen LogP contribution >= 0.6 is 76.7 Å². The molecule has 1 heterocycles. The minimum absolute atomic E-state index is 0.259. The second-order valence-electron chi connectivity index (χ2n) is 6.02. The van der Waals surface area contributed by atoms with E-state index < -0.39 is 57.2 Å². The van der Waals surface area contributed by atoms with E-state index in [0.717, 1.165) is 0 Å². The third kappa shape index (κ3) is 8.08. The van der Waals surface area contributed by atoms with Crippen molar-refractivity contribution in [2.45, 2.75) is 32.6 Å². The zero-order chi connectivity index (χ0) is 20.3. The molecular formula is C13H18Cl6NO5P. The largest absolute Gasteiger partial charge is 0.467 e. The summed E-state index contributed by atoms with van der Waals surface area (Å²) in [6.07, 6.45) is -2.24. The highest BCUT2D eigenvalue weighted by Gasteiger charge is 2.44. The van der Waals surface area contributed by atoms with Gasteiger partial charge >= 0.3 is 5.97 Å². The van der Waals surface area contributed by atoms with Crippen molar-refractivity contribution in [1.82, 2.24) is 4.90 Å². The van der Waals surface area contributed by atoms with Gasteiger partial charge in [0.25, 0.3) is 5.91 Å². The van der Waals surface area contributed by atoms with Crippen LogP contribution in [0, 0.1) is 0 Å². The predicted octanol–water partition coefficient (Wildman–Crippen LogP) is 3.61. The summed E-state index contributed by atoms with van der Waals surface area (Å²) in [6.45, 7) is 0.259. The second-order valence-corrected chi connectivity index (χ2v) is 14.2. The molecule has 1 unspecified atom stereocenters. The summed E-state index contributed by atoms with van der Waals surface area (Å²) >= 11 is 34.3. The SMILES string of the molecule is COC(=O)[C@@H]1CCCN1C(=O)C(O)CP(=O)(CC(Cl)(Cl)Cl)CC(Cl)(Cl)Cl. The number of carbonyl (C=O) groups excluding carboxylic acids is 2. The van der Waals surface area contributed by atoms with Gasteiger partial charge in [0.05, 0.1) is 14.3 Å².